The van der Waals surface area contributed by atoms with Crippen LogP contribution in [0.25, 0.3) is 21.8 Å². The maximum absolute atomic E-state index is 13.5. The molecule has 1 saturated heterocycles. The number of aromatic amines is 1. The zero-order chi connectivity index (χ0) is 20.1. The van der Waals surface area contributed by atoms with Gasteiger partial charge in [0.25, 0.3) is 5.91 Å². The van der Waals surface area contributed by atoms with E-state index in [4.69, 9.17) is 0 Å². The highest BCUT2D eigenvalue weighted by Crippen LogP contribution is 2.24. The summed E-state index contributed by atoms with van der Waals surface area (Å²) in [5.74, 6) is -0.722. The Morgan fingerprint density at radius 3 is 2.79 bits per heavy atom. The summed E-state index contributed by atoms with van der Waals surface area (Å²) in [6.45, 7) is 0.828. The minimum atomic E-state index is -0.347. The van der Waals surface area contributed by atoms with E-state index in [0.717, 1.165) is 22.1 Å². The monoisotopic (exact) mass is 391 g/mol. The Morgan fingerprint density at radius 2 is 1.97 bits per heavy atom. The second-order valence-electron chi connectivity index (χ2n) is 7.21. The number of anilines is 1. The van der Waals surface area contributed by atoms with Gasteiger partial charge in [-0.3, -0.25) is 14.7 Å². The summed E-state index contributed by atoms with van der Waals surface area (Å²) in [5.41, 5.74) is 2.90. The van der Waals surface area contributed by atoms with E-state index in [1.807, 2.05) is 18.2 Å². The first kappa shape index (κ1) is 17.4. The molecule has 2 amide bonds. The van der Waals surface area contributed by atoms with Gasteiger partial charge in [0.2, 0.25) is 5.91 Å². The molecule has 2 aromatic heterocycles. The van der Waals surface area contributed by atoms with Gasteiger partial charge >= 0.3 is 0 Å². The second kappa shape index (κ2) is 6.44. The van der Waals surface area contributed by atoms with Crippen molar-refractivity contribution in [1.29, 1.82) is 0 Å². The highest BCUT2D eigenvalue weighted by molar-refractivity contribution is 6.04. The number of nitrogens with zero attached hydrogens (tertiary/aromatic N) is 4. The van der Waals surface area contributed by atoms with Gasteiger partial charge in [-0.05, 0) is 42.5 Å². The van der Waals surface area contributed by atoms with Crippen LogP contribution in [0.5, 0.6) is 0 Å². The molecule has 1 aliphatic heterocycles. The quantitative estimate of drug-likeness (QED) is 0.571. The number of hydrogen-bond donors (Lipinski definition) is 1. The van der Waals surface area contributed by atoms with Crippen molar-refractivity contribution in [1.82, 2.24) is 19.7 Å². The summed E-state index contributed by atoms with van der Waals surface area (Å²) >= 11 is 0. The average molecular weight is 391 g/mol. The topological polar surface area (TPSA) is 74.2 Å². The van der Waals surface area contributed by atoms with E-state index >= 15 is 0 Å². The number of carbonyl (C=O) groups excluding carboxylic acids is 2. The van der Waals surface area contributed by atoms with Gasteiger partial charge in [0.05, 0.1) is 11.7 Å². The van der Waals surface area contributed by atoms with Crippen molar-refractivity contribution in [2.45, 2.75) is 0 Å². The minimum absolute atomic E-state index is 0.00184. The highest BCUT2D eigenvalue weighted by atomic mass is 19.1. The summed E-state index contributed by atoms with van der Waals surface area (Å²) in [6, 6.07) is 11.8. The van der Waals surface area contributed by atoms with Crippen LogP contribution in [-0.2, 0) is 11.8 Å². The number of fused-ring (bicyclic) bond motifs is 2. The predicted octanol–water partition coefficient (Wildman–Crippen LogP) is 2.68. The van der Waals surface area contributed by atoms with Gasteiger partial charge in [0, 0.05) is 42.1 Å². The Morgan fingerprint density at radius 1 is 1.10 bits per heavy atom. The molecule has 3 heterocycles. The fourth-order valence-corrected chi connectivity index (χ4v) is 3.91. The molecule has 4 aromatic rings. The second-order valence-corrected chi connectivity index (χ2v) is 7.21. The fraction of sp³-hybridized carbons (Fsp3) is 0.190. The van der Waals surface area contributed by atoms with Crippen LogP contribution >= 0.6 is 0 Å². The van der Waals surface area contributed by atoms with Crippen molar-refractivity contribution >= 4 is 39.3 Å². The summed E-state index contributed by atoms with van der Waals surface area (Å²) in [4.78, 5) is 29.0. The number of aromatic nitrogens is 3. The van der Waals surface area contributed by atoms with Crippen LogP contribution in [0.2, 0.25) is 0 Å². The zero-order valence-corrected chi connectivity index (χ0v) is 15.7. The van der Waals surface area contributed by atoms with Gasteiger partial charge in [-0.2, -0.15) is 5.10 Å². The maximum atomic E-state index is 13.5. The summed E-state index contributed by atoms with van der Waals surface area (Å²) in [7, 11) is 1.77. The first-order valence-corrected chi connectivity index (χ1v) is 9.29. The Bertz CT molecular complexity index is 1270. The van der Waals surface area contributed by atoms with E-state index < -0.39 is 0 Å². The van der Waals surface area contributed by atoms with Gasteiger partial charge in [0.1, 0.15) is 18.1 Å². The molecule has 1 aliphatic rings. The normalized spacial score (nSPS) is 14.9. The lowest BCUT2D eigenvalue weighted by Crippen LogP contribution is -2.52. The Kier molecular flexibility index (Phi) is 3.87. The summed E-state index contributed by atoms with van der Waals surface area (Å²) in [6.07, 6.45) is 1.71. The largest absolute Gasteiger partial charge is 0.340 e. The smallest absolute Gasteiger partial charge is 0.271 e. The molecule has 0 spiro atoms. The molecule has 5 rings (SSSR count). The Balaban J connectivity index is 1.38. The molecule has 1 N–H and O–H groups in total. The van der Waals surface area contributed by atoms with Gasteiger partial charge < -0.3 is 14.4 Å². The molecule has 0 atom stereocenters. The molecular formula is C21H18FN5O2. The number of carbonyl (C=O) groups is 2. The molecule has 8 heteroatoms. The van der Waals surface area contributed by atoms with Crippen LogP contribution in [0.15, 0.2) is 48.7 Å². The van der Waals surface area contributed by atoms with Gasteiger partial charge in [-0.1, -0.05) is 0 Å². The minimum Gasteiger partial charge on any atom is -0.340 e. The lowest BCUT2D eigenvalue weighted by Gasteiger charge is -2.34. The van der Waals surface area contributed by atoms with Crippen LogP contribution < -0.4 is 4.90 Å². The molecule has 2 aromatic carbocycles. The SMILES string of the molecule is Cn1c(C(=O)N2CCN(c3ccc4[nH]ncc4c3)C(=O)C2)cc2cc(F)ccc21. The van der Waals surface area contributed by atoms with E-state index in [2.05, 4.69) is 10.2 Å². The highest BCUT2D eigenvalue weighted by Gasteiger charge is 2.30. The molecule has 1 fully saturated rings. The standard InChI is InChI=1S/C21H18FN5O2/c1-25-18-5-2-15(22)8-13(18)10-19(25)21(29)26-6-7-27(20(28)12-26)16-3-4-17-14(9-16)11-23-24-17/h2-5,8-11H,6-7,12H2,1H3,(H,23,24). The maximum Gasteiger partial charge on any atom is 0.271 e. The fourth-order valence-electron chi connectivity index (χ4n) is 3.91. The van der Waals surface area contributed by atoms with Crippen molar-refractivity contribution in [2.75, 3.05) is 24.5 Å². The number of benzene rings is 2. The van der Waals surface area contributed by atoms with E-state index in [1.165, 1.54) is 12.1 Å². The van der Waals surface area contributed by atoms with Crippen LogP contribution in [0.4, 0.5) is 10.1 Å². The van der Waals surface area contributed by atoms with E-state index in [1.54, 1.807) is 39.7 Å². The summed E-state index contributed by atoms with van der Waals surface area (Å²) in [5, 5.41) is 8.48. The van der Waals surface area contributed by atoms with E-state index in [9.17, 15) is 14.0 Å². The third-order valence-corrected chi connectivity index (χ3v) is 5.47. The summed E-state index contributed by atoms with van der Waals surface area (Å²) < 4.78 is 15.2. The lowest BCUT2D eigenvalue weighted by atomic mass is 10.2. The first-order chi connectivity index (χ1) is 14.0. The number of amides is 2. The Labute approximate surface area is 165 Å². The van der Waals surface area contributed by atoms with Crippen LogP contribution in [0, 0.1) is 5.82 Å². The number of H-pyrrole nitrogens is 1. The van der Waals surface area contributed by atoms with Crippen LogP contribution in [-0.4, -0.2) is 51.1 Å². The third-order valence-electron chi connectivity index (χ3n) is 5.47. The van der Waals surface area contributed by atoms with Crippen LogP contribution in [0.1, 0.15) is 10.5 Å². The zero-order valence-electron chi connectivity index (χ0n) is 15.7. The van der Waals surface area contributed by atoms with Gasteiger partial charge in [-0.15, -0.1) is 0 Å². The number of halogens is 1. The first-order valence-electron chi connectivity index (χ1n) is 9.29. The van der Waals surface area contributed by atoms with E-state index in [0.29, 0.717) is 24.2 Å². The van der Waals surface area contributed by atoms with Gasteiger partial charge in [-0.25, -0.2) is 4.39 Å². The molecule has 29 heavy (non-hydrogen) atoms. The molecule has 0 aliphatic carbocycles. The van der Waals surface area contributed by atoms with E-state index in [-0.39, 0.29) is 24.2 Å². The van der Waals surface area contributed by atoms with Crippen molar-refractivity contribution in [3.8, 4) is 0 Å². The number of piperazine rings is 1. The number of rotatable bonds is 2. The average Bonchev–Trinajstić information content (AvgIpc) is 3.31. The third kappa shape index (κ3) is 2.84. The van der Waals surface area contributed by atoms with Crippen molar-refractivity contribution in [2.24, 2.45) is 7.05 Å². The molecular weight excluding hydrogens is 373 g/mol. The Hall–Kier alpha value is -3.68. The molecule has 146 valence electrons. The molecule has 0 unspecified atom stereocenters. The molecule has 0 radical (unpaired) electrons. The molecule has 0 saturated carbocycles. The predicted molar refractivity (Wildman–Crippen MR) is 107 cm³/mol. The van der Waals surface area contributed by atoms with Crippen molar-refractivity contribution in [3.05, 3.63) is 60.2 Å². The van der Waals surface area contributed by atoms with Crippen molar-refractivity contribution < 1.29 is 14.0 Å². The lowest BCUT2D eigenvalue weighted by molar-refractivity contribution is -0.120. The van der Waals surface area contributed by atoms with Gasteiger partial charge in [0.15, 0.2) is 0 Å². The number of hydrogen-bond acceptors (Lipinski definition) is 3. The molecule has 0 bridgehead atoms. The number of aryl methyl sites for hydroxylation is 1. The van der Waals surface area contributed by atoms with Crippen molar-refractivity contribution in [3.63, 3.8) is 0 Å². The molecule has 7 nitrogen and oxygen atoms in total. The van der Waals surface area contributed by atoms with Crippen LogP contribution in [0.3, 0.4) is 0 Å². The number of nitrogens with one attached hydrogen (secondary N) is 1.